The molecule has 2 aromatic carbocycles. The van der Waals surface area contributed by atoms with E-state index in [0.29, 0.717) is 0 Å². The van der Waals surface area contributed by atoms with Crippen molar-refractivity contribution in [3.05, 3.63) is 70.8 Å². The SMILES string of the molecule is COc1ccccc1S/C(=C/C(=O)c1ccccc1)[Si](C)(C)C. The van der Waals surface area contributed by atoms with Gasteiger partial charge in [0, 0.05) is 5.56 Å². The molecular formula is C19H22O2SSi. The van der Waals surface area contributed by atoms with Crippen LogP contribution in [0.3, 0.4) is 0 Å². The summed E-state index contributed by atoms with van der Waals surface area (Å²) in [5, 5.41) is 0. The number of thioether (sulfide) groups is 1. The van der Waals surface area contributed by atoms with E-state index in [4.69, 9.17) is 4.74 Å². The summed E-state index contributed by atoms with van der Waals surface area (Å²) in [5.74, 6) is 0.902. The summed E-state index contributed by atoms with van der Waals surface area (Å²) >= 11 is 1.65. The quantitative estimate of drug-likeness (QED) is 0.303. The molecule has 0 saturated heterocycles. The smallest absolute Gasteiger partial charge is 0.186 e. The summed E-state index contributed by atoms with van der Waals surface area (Å²) in [5.41, 5.74) is 0.726. The standard InChI is InChI=1S/C19H22O2SSi/c1-21-17-12-8-9-13-18(17)22-19(23(2,3)4)14-16(20)15-10-6-5-7-11-15/h5-14H,1-4H3/b19-14-. The molecule has 0 aliphatic carbocycles. The molecule has 120 valence electrons. The van der Waals surface area contributed by atoms with E-state index in [1.165, 1.54) is 0 Å². The monoisotopic (exact) mass is 342 g/mol. The van der Waals surface area contributed by atoms with Crippen LogP contribution in [0.25, 0.3) is 0 Å². The third-order valence-electron chi connectivity index (χ3n) is 3.35. The molecule has 2 aromatic rings. The van der Waals surface area contributed by atoms with Crippen LogP contribution in [0.1, 0.15) is 10.4 Å². The summed E-state index contributed by atoms with van der Waals surface area (Å²) < 4.78 is 6.58. The van der Waals surface area contributed by atoms with E-state index < -0.39 is 8.07 Å². The number of hydrogen-bond donors (Lipinski definition) is 0. The summed E-state index contributed by atoms with van der Waals surface area (Å²) in [6.45, 7) is 6.75. The molecule has 0 N–H and O–H groups in total. The number of carbonyl (C=O) groups is 1. The lowest BCUT2D eigenvalue weighted by atomic mass is 10.1. The van der Waals surface area contributed by atoms with Gasteiger partial charge in [0.1, 0.15) is 5.75 Å². The van der Waals surface area contributed by atoms with Crippen LogP contribution in [0.5, 0.6) is 5.75 Å². The van der Waals surface area contributed by atoms with E-state index >= 15 is 0 Å². The van der Waals surface area contributed by atoms with Crippen molar-refractivity contribution in [1.82, 2.24) is 0 Å². The first-order valence-electron chi connectivity index (χ1n) is 7.54. The van der Waals surface area contributed by atoms with Gasteiger partial charge >= 0.3 is 0 Å². The molecule has 4 heteroatoms. The van der Waals surface area contributed by atoms with Crippen molar-refractivity contribution in [1.29, 1.82) is 0 Å². The van der Waals surface area contributed by atoms with Crippen molar-refractivity contribution >= 4 is 25.6 Å². The average molecular weight is 343 g/mol. The Balaban J connectivity index is 2.35. The molecule has 2 rings (SSSR count). The Kier molecular flexibility index (Phi) is 5.85. The third kappa shape index (κ3) is 4.84. The van der Waals surface area contributed by atoms with Gasteiger partial charge in [-0.2, -0.15) is 0 Å². The Morgan fingerprint density at radius 1 is 1.00 bits per heavy atom. The van der Waals surface area contributed by atoms with Crippen LogP contribution in [0, 0.1) is 0 Å². The number of allylic oxidation sites excluding steroid dienone is 1. The van der Waals surface area contributed by atoms with Crippen molar-refractivity contribution in [3.63, 3.8) is 0 Å². The maximum absolute atomic E-state index is 12.5. The number of rotatable bonds is 6. The lowest BCUT2D eigenvalue weighted by molar-refractivity contribution is 0.104. The molecule has 0 bridgehead atoms. The second-order valence-corrected chi connectivity index (χ2v) is 12.7. The molecule has 0 unspecified atom stereocenters. The van der Waals surface area contributed by atoms with Gasteiger partial charge in [-0.3, -0.25) is 4.79 Å². The molecule has 0 fully saturated rings. The van der Waals surface area contributed by atoms with E-state index in [1.807, 2.05) is 54.6 Å². The van der Waals surface area contributed by atoms with Crippen LogP contribution in [-0.4, -0.2) is 21.0 Å². The highest BCUT2D eigenvalue weighted by molar-refractivity contribution is 8.05. The van der Waals surface area contributed by atoms with E-state index in [1.54, 1.807) is 24.9 Å². The Bertz CT molecular complexity index is 703. The van der Waals surface area contributed by atoms with Gasteiger partial charge in [-0.05, 0) is 22.7 Å². The van der Waals surface area contributed by atoms with Gasteiger partial charge in [-0.15, -0.1) is 0 Å². The molecule has 0 heterocycles. The van der Waals surface area contributed by atoms with Gasteiger partial charge in [0.05, 0.1) is 20.1 Å². The van der Waals surface area contributed by atoms with Crippen LogP contribution in [0.15, 0.2) is 70.1 Å². The largest absolute Gasteiger partial charge is 0.496 e. The van der Waals surface area contributed by atoms with E-state index in [2.05, 4.69) is 19.6 Å². The first kappa shape index (κ1) is 17.6. The number of para-hydroxylation sites is 1. The van der Waals surface area contributed by atoms with Gasteiger partial charge < -0.3 is 4.74 Å². The Morgan fingerprint density at radius 3 is 2.22 bits per heavy atom. The van der Waals surface area contributed by atoms with Crippen molar-refractivity contribution in [2.45, 2.75) is 24.5 Å². The molecule has 0 spiro atoms. The molecule has 0 aromatic heterocycles. The molecule has 0 radical (unpaired) electrons. The van der Waals surface area contributed by atoms with Crippen molar-refractivity contribution in [2.24, 2.45) is 0 Å². The molecule has 23 heavy (non-hydrogen) atoms. The van der Waals surface area contributed by atoms with Crippen molar-refractivity contribution < 1.29 is 9.53 Å². The van der Waals surface area contributed by atoms with Crippen LogP contribution in [-0.2, 0) is 0 Å². The normalized spacial score (nSPS) is 12.1. The average Bonchev–Trinajstić information content (AvgIpc) is 2.54. The molecule has 0 saturated carbocycles. The minimum absolute atomic E-state index is 0.0606. The maximum atomic E-state index is 12.5. The number of ether oxygens (including phenoxy) is 1. The molecule has 0 amide bonds. The number of carbonyl (C=O) groups excluding carboxylic acids is 1. The topological polar surface area (TPSA) is 26.3 Å². The fraction of sp³-hybridized carbons (Fsp3) is 0.211. The fourth-order valence-corrected chi connectivity index (χ4v) is 4.95. The minimum Gasteiger partial charge on any atom is -0.496 e. The highest BCUT2D eigenvalue weighted by atomic mass is 32.2. The lowest BCUT2D eigenvalue weighted by Gasteiger charge is -2.21. The van der Waals surface area contributed by atoms with Crippen LogP contribution >= 0.6 is 11.8 Å². The van der Waals surface area contributed by atoms with Gasteiger partial charge in [-0.25, -0.2) is 0 Å². The zero-order chi connectivity index (χ0) is 16.9. The number of benzene rings is 2. The zero-order valence-corrected chi connectivity index (χ0v) is 15.8. The maximum Gasteiger partial charge on any atom is 0.186 e. The van der Waals surface area contributed by atoms with E-state index in [-0.39, 0.29) is 5.78 Å². The van der Waals surface area contributed by atoms with E-state index in [9.17, 15) is 4.79 Å². The van der Waals surface area contributed by atoms with Crippen LogP contribution in [0.4, 0.5) is 0 Å². The number of methoxy groups -OCH3 is 1. The molecular weight excluding hydrogens is 320 g/mol. The first-order valence-corrected chi connectivity index (χ1v) is 11.9. The predicted octanol–water partition coefficient (Wildman–Crippen LogP) is 5.43. The second kappa shape index (κ2) is 7.66. The summed E-state index contributed by atoms with van der Waals surface area (Å²) in [6.07, 6.45) is 1.80. The van der Waals surface area contributed by atoms with E-state index in [0.717, 1.165) is 20.7 Å². The van der Waals surface area contributed by atoms with Crippen molar-refractivity contribution in [3.8, 4) is 5.75 Å². The predicted molar refractivity (Wildman–Crippen MR) is 101 cm³/mol. The summed E-state index contributed by atoms with van der Waals surface area (Å²) in [4.78, 5) is 13.6. The van der Waals surface area contributed by atoms with Gasteiger partial charge in [0.25, 0.3) is 0 Å². The molecule has 0 atom stereocenters. The number of hydrogen-bond acceptors (Lipinski definition) is 3. The zero-order valence-electron chi connectivity index (χ0n) is 14.0. The Morgan fingerprint density at radius 2 is 1.61 bits per heavy atom. The second-order valence-electron chi connectivity index (χ2n) is 6.24. The van der Waals surface area contributed by atoms with Gasteiger partial charge in [0.15, 0.2) is 5.78 Å². The van der Waals surface area contributed by atoms with Crippen LogP contribution < -0.4 is 4.74 Å². The summed E-state index contributed by atoms with van der Waals surface area (Å²) in [6, 6.07) is 17.3. The number of ketones is 1. The Hall–Kier alpha value is -1.78. The van der Waals surface area contributed by atoms with Crippen molar-refractivity contribution in [2.75, 3.05) is 7.11 Å². The molecule has 0 aliphatic rings. The van der Waals surface area contributed by atoms with Gasteiger partial charge in [-0.1, -0.05) is 73.9 Å². The molecule has 0 aliphatic heterocycles. The highest BCUT2D eigenvalue weighted by Gasteiger charge is 2.23. The highest BCUT2D eigenvalue weighted by Crippen LogP contribution is 2.38. The first-order chi connectivity index (χ1) is 10.9. The third-order valence-corrected chi connectivity index (χ3v) is 8.01. The minimum atomic E-state index is -1.65. The Labute approximate surface area is 143 Å². The fourth-order valence-electron chi connectivity index (χ4n) is 2.03. The molecule has 2 nitrogen and oxygen atoms in total. The lowest BCUT2D eigenvalue weighted by Crippen LogP contribution is -2.23. The van der Waals surface area contributed by atoms with Crippen LogP contribution in [0.2, 0.25) is 19.6 Å². The summed E-state index contributed by atoms with van der Waals surface area (Å²) in [7, 11) is 0.0199. The van der Waals surface area contributed by atoms with Gasteiger partial charge in [0.2, 0.25) is 0 Å².